The van der Waals surface area contributed by atoms with Crippen molar-refractivity contribution in [3.05, 3.63) is 89.0 Å². The lowest BCUT2D eigenvalue weighted by Crippen LogP contribution is -2.15. The van der Waals surface area contributed by atoms with E-state index in [-0.39, 0.29) is 16.5 Å². The van der Waals surface area contributed by atoms with Crippen molar-refractivity contribution in [2.24, 2.45) is 0 Å². The van der Waals surface area contributed by atoms with E-state index in [1.807, 2.05) is 0 Å². The Kier molecular flexibility index (Phi) is 6.11. The van der Waals surface area contributed by atoms with Gasteiger partial charge in [-0.1, -0.05) is 0 Å². The van der Waals surface area contributed by atoms with Gasteiger partial charge in [0.25, 0.3) is 15.7 Å². The van der Waals surface area contributed by atoms with Crippen molar-refractivity contribution in [1.29, 1.82) is 0 Å². The molecule has 0 saturated carbocycles. The van der Waals surface area contributed by atoms with Crippen molar-refractivity contribution in [2.75, 3.05) is 17.6 Å². The quantitative estimate of drug-likeness (QED) is 0.229. The topological polar surface area (TPSA) is 150 Å². The third kappa shape index (κ3) is 4.94. The minimum atomic E-state index is -4.00. The summed E-state index contributed by atoms with van der Waals surface area (Å²) in [7, 11) is -2.44. The van der Waals surface area contributed by atoms with Crippen molar-refractivity contribution >= 4 is 27.3 Å². The van der Waals surface area contributed by atoms with Gasteiger partial charge in [-0.25, -0.2) is 23.1 Å². The van der Waals surface area contributed by atoms with E-state index in [0.717, 1.165) is 0 Å². The summed E-state index contributed by atoms with van der Waals surface area (Å²) in [5.74, 6) is 0.496. The zero-order valence-corrected chi connectivity index (χ0v) is 18.7. The van der Waals surface area contributed by atoms with E-state index in [0.29, 0.717) is 34.0 Å². The molecule has 1 aromatic heterocycles. The fourth-order valence-corrected chi connectivity index (χ4v) is 4.07. The minimum absolute atomic E-state index is 0.00274. The number of nitro benzene ring substituents is 1. The van der Waals surface area contributed by atoms with Gasteiger partial charge in [0.2, 0.25) is 5.95 Å². The molecule has 0 unspecified atom stereocenters. The highest BCUT2D eigenvalue weighted by molar-refractivity contribution is 7.92. The van der Waals surface area contributed by atoms with Crippen LogP contribution in [0.2, 0.25) is 0 Å². The molecule has 1 heterocycles. The Labute approximate surface area is 195 Å². The van der Waals surface area contributed by atoms with E-state index in [4.69, 9.17) is 10.5 Å². The van der Waals surface area contributed by atoms with Crippen LogP contribution in [0.3, 0.4) is 0 Å². The molecule has 34 heavy (non-hydrogen) atoms. The zero-order chi connectivity index (χ0) is 24.3. The van der Waals surface area contributed by atoms with Crippen LogP contribution in [0.1, 0.15) is 0 Å². The molecule has 0 aliphatic heterocycles. The number of nitrogens with zero attached hydrogens (tertiary/aromatic N) is 3. The average Bonchev–Trinajstić information content (AvgIpc) is 2.84. The molecule has 0 fully saturated rings. The summed E-state index contributed by atoms with van der Waals surface area (Å²) < 4.78 is 33.4. The van der Waals surface area contributed by atoms with Crippen molar-refractivity contribution in [1.82, 2.24) is 9.97 Å². The Morgan fingerprint density at radius 2 is 1.41 bits per heavy atom. The summed E-state index contributed by atoms with van der Waals surface area (Å²) in [6.07, 6.45) is 0. The predicted molar refractivity (Wildman–Crippen MR) is 128 cm³/mol. The molecule has 0 aliphatic rings. The highest BCUT2D eigenvalue weighted by Gasteiger charge is 2.18. The highest BCUT2D eigenvalue weighted by atomic mass is 32.2. The third-order valence-electron chi connectivity index (χ3n) is 4.90. The number of anilines is 2. The van der Waals surface area contributed by atoms with Crippen LogP contribution in [0.4, 0.5) is 17.3 Å². The van der Waals surface area contributed by atoms with Gasteiger partial charge in [0.1, 0.15) is 5.75 Å². The van der Waals surface area contributed by atoms with Gasteiger partial charge in [-0.05, 0) is 66.7 Å². The first-order valence-electron chi connectivity index (χ1n) is 9.92. The van der Waals surface area contributed by atoms with Crippen LogP contribution in [0.5, 0.6) is 5.75 Å². The fourth-order valence-electron chi connectivity index (χ4n) is 3.13. The highest BCUT2D eigenvalue weighted by Crippen LogP contribution is 2.28. The SMILES string of the molecule is COc1ccc(-c2cc(-c3ccc([N+](=O)[O-])cc3)nc(NS(=O)(=O)c3ccc(N)cc3)n2)cc1. The summed E-state index contributed by atoms with van der Waals surface area (Å²) >= 11 is 0. The number of methoxy groups -OCH3 is 1. The average molecular weight is 478 g/mol. The molecule has 0 saturated heterocycles. The first kappa shape index (κ1) is 22.7. The first-order valence-corrected chi connectivity index (χ1v) is 11.4. The Bertz CT molecular complexity index is 1440. The predicted octanol–water partition coefficient (Wildman–Crippen LogP) is 4.11. The molecule has 4 rings (SSSR count). The molecule has 3 aromatic carbocycles. The van der Waals surface area contributed by atoms with Crippen LogP contribution in [0, 0.1) is 10.1 Å². The van der Waals surface area contributed by atoms with E-state index >= 15 is 0 Å². The lowest BCUT2D eigenvalue weighted by molar-refractivity contribution is -0.384. The number of nitrogen functional groups attached to an aromatic ring is 1. The zero-order valence-electron chi connectivity index (χ0n) is 17.9. The van der Waals surface area contributed by atoms with Gasteiger partial charge in [-0.15, -0.1) is 0 Å². The lowest BCUT2D eigenvalue weighted by atomic mass is 10.1. The van der Waals surface area contributed by atoms with Crippen molar-refractivity contribution in [3.63, 3.8) is 0 Å². The van der Waals surface area contributed by atoms with Gasteiger partial charge in [0.05, 0.1) is 28.3 Å². The summed E-state index contributed by atoms with van der Waals surface area (Å²) in [4.78, 5) is 19.2. The number of nitrogens with two attached hydrogens (primary N) is 1. The Morgan fingerprint density at radius 1 is 0.882 bits per heavy atom. The summed E-state index contributed by atoms with van der Waals surface area (Å²) in [5, 5.41) is 11.0. The second-order valence-electron chi connectivity index (χ2n) is 7.17. The van der Waals surface area contributed by atoms with E-state index in [9.17, 15) is 18.5 Å². The van der Waals surface area contributed by atoms with Crippen LogP contribution >= 0.6 is 0 Å². The number of benzene rings is 3. The number of rotatable bonds is 7. The monoisotopic (exact) mass is 477 g/mol. The lowest BCUT2D eigenvalue weighted by Gasteiger charge is -2.11. The van der Waals surface area contributed by atoms with Crippen LogP contribution in [0.15, 0.2) is 83.8 Å². The van der Waals surface area contributed by atoms with Crippen LogP contribution < -0.4 is 15.2 Å². The minimum Gasteiger partial charge on any atom is -0.497 e. The van der Waals surface area contributed by atoms with Crippen molar-refractivity contribution < 1.29 is 18.1 Å². The Morgan fingerprint density at radius 3 is 1.91 bits per heavy atom. The van der Waals surface area contributed by atoms with E-state index in [1.165, 1.54) is 48.5 Å². The number of non-ortho nitro benzene ring substituents is 1. The normalized spacial score (nSPS) is 11.1. The summed E-state index contributed by atoms with van der Waals surface area (Å²) in [5.41, 5.74) is 8.08. The molecule has 11 heteroatoms. The van der Waals surface area contributed by atoms with E-state index < -0.39 is 14.9 Å². The maximum absolute atomic E-state index is 12.9. The molecule has 0 amide bonds. The molecular formula is C23H19N5O5S. The standard InChI is InChI=1S/C23H19N5O5S/c1-33-19-10-4-16(5-11-19)22-14-21(15-2-8-18(9-3-15)28(29)30)25-23(26-22)27-34(31,32)20-12-6-17(24)7-13-20/h2-14H,24H2,1H3,(H,25,26,27). The molecule has 0 spiro atoms. The smallest absolute Gasteiger partial charge is 0.269 e. The molecule has 0 bridgehead atoms. The van der Waals surface area contributed by atoms with Gasteiger partial charge < -0.3 is 10.5 Å². The van der Waals surface area contributed by atoms with Gasteiger partial charge in [-0.3, -0.25) is 10.1 Å². The maximum atomic E-state index is 12.9. The maximum Gasteiger partial charge on any atom is 0.269 e. The number of nitrogens with one attached hydrogen (secondary N) is 1. The van der Waals surface area contributed by atoms with Gasteiger partial charge >= 0.3 is 0 Å². The van der Waals surface area contributed by atoms with Crippen molar-refractivity contribution in [3.8, 4) is 28.3 Å². The second-order valence-corrected chi connectivity index (χ2v) is 8.85. The number of aromatic nitrogens is 2. The molecule has 172 valence electrons. The molecule has 10 nitrogen and oxygen atoms in total. The Balaban J connectivity index is 1.79. The number of nitro groups is 1. The summed E-state index contributed by atoms with van der Waals surface area (Å²) in [6, 6.07) is 20.2. The molecule has 3 N–H and O–H groups in total. The number of ether oxygens (including phenoxy) is 1. The molecule has 0 radical (unpaired) electrons. The van der Waals surface area contributed by atoms with Crippen molar-refractivity contribution in [2.45, 2.75) is 4.90 Å². The van der Waals surface area contributed by atoms with Gasteiger partial charge in [-0.2, -0.15) is 0 Å². The van der Waals surface area contributed by atoms with Gasteiger partial charge in [0, 0.05) is 28.9 Å². The van der Waals surface area contributed by atoms with E-state index in [2.05, 4.69) is 14.7 Å². The largest absolute Gasteiger partial charge is 0.497 e. The van der Waals surface area contributed by atoms with Gasteiger partial charge in [0.15, 0.2) is 0 Å². The number of hydrogen-bond donors (Lipinski definition) is 2. The third-order valence-corrected chi connectivity index (χ3v) is 6.25. The van der Waals surface area contributed by atoms with Crippen LogP contribution in [0.25, 0.3) is 22.5 Å². The van der Waals surface area contributed by atoms with Crippen LogP contribution in [-0.2, 0) is 10.0 Å². The number of sulfonamides is 1. The molecular weight excluding hydrogens is 458 g/mol. The fraction of sp³-hybridized carbons (Fsp3) is 0.0435. The molecule has 0 aliphatic carbocycles. The molecule has 4 aromatic rings. The Hall–Kier alpha value is -4.51. The van der Waals surface area contributed by atoms with E-state index in [1.54, 1.807) is 37.4 Å². The summed E-state index contributed by atoms with van der Waals surface area (Å²) in [6.45, 7) is 0. The molecule has 0 atom stereocenters. The second kappa shape index (κ2) is 9.16. The van der Waals surface area contributed by atoms with Crippen LogP contribution in [-0.4, -0.2) is 30.4 Å². The first-order chi connectivity index (χ1) is 16.2. The number of hydrogen-bond acceptors (Lipinski definition) is 8.